The minimum Gasteiger partial charge on any atom is -0.338 e. The number of nitrogens with zero attached hydrogens (tertiary/aromatic N) is 3. The summed E-state index contributed by atoms with van der Waals surface area (Å²) < 4.78 is 3.67. The summed E-state index contributed by atoms with van der Waals surface area (Å²) >= 11 is 5.25. The van der Waals surface area contributed by atoms with Crippen LogP contribution in [0.3, 0.4) is 0 Å². The Hall–Kier alpha value is -1.43. The molecule has 0 atom stereocenters. The summed E-state index contributed by atoms with van der Waals surface area (Å²) in [4.78, 5) is 19.6. The molecule has 0 aliphatic carbocycles. The Kier molecular flexibility index (Phi) is 2.91. The van der Waals surface area contributed by atoms with Gasteiger partial charge in [-0.1, -0.05) is 26.1 Å². The van der Waals surface area contributed by atoms with Crippen LogP contribution in [0.5, 0.6) is 0 Å². The molecule has 0 aromatic carbocycles. The van der Waals surface area contributed by atoms with Crippen molar-refractivity contribution in [3.63, 3.8) is 0 Å². The molecule has 0 spiro atoms. The van der Waals surface area contributed by atoms with Gasteiger partial charge in [0.2, 0.25) is 0 Å². The largest absolute Gasteiger partial charge is 0.338 e. The van der Waals surface area contributed by atoms with Crippen LogP contribution in [0.25, 0.3) is 11.2 Å². The molecule has 0 unspecified atom stereocenters. The maximum absolute atomic E-state index is 12.2. The van der Waals surface area contributed by atoms with Gasteiger partial charge in [-0.25, -0.2) is 9.78 Å². The van der Waals surface area contributed by atoms with Gasteiger partial charge in [-0.05, 0) is 12.8 Å². The second kappa shape index (κ2) is 4.10. The number of hydrogen-bond donors (Lipinski definition) is 1. The predicted molar refractivity (Wildman–Crippen MR) is 69.7 cm³/mol. The first-order valence-corrected chi connectivity index (χ1v) is 5.98. The van der Waals surface area contributed by atoms with Gasteiger partial charge in [0.15, 0.2) is 5.65 Å². The first kappa shape index (κ1) is 12.0. The van der Waals surface area contributed by atoms with Gasteiger partial charge in [0.1, 0.15) is 16.0 Å². The van der Waals surface area contributed by atoms with Crippen LogP contribution in [0.1, 0.15) is 19.7 Å². The van der Waals surface area contributed by atoms with E-state index >= 15 is 0 Å². The molecule has 0 aliphatic rings. The highest BCUT2D eigenvalue weighted by Gasteiger charge is 2.12. The third-order valence-corrected chi connectivity index (χ3v) is 3.12. The van der Waals surface area contributed by atoms with Crippen molar-refractivity contribution in [3.05, 3.63) is 20.9 Å². The minimum absolute atomic E-state index is 0.109. The summed E-state index contributed by atoms with van der Waals surface area (Å²) in [7, 11) is 1.69. The molecule has 2 rings (SSSR count). The fourth-order valence-corrected chi connectivity index (χ4v) is 2.10. The average Bonchev–Trinajstić information content (AvgIpc) is 2.63. The van der Waals surface area contributed by atoms with Gasteiger partial charge >= 0.3 is 5.69 Å². The second-order valence-electron chi connectivity index (χ2n) is 4.67. The second-order valence-corrected chi connectivity index (χ2v) is 5.06. The van der Waals surface area contributed by atoms with Crippen LogP contribution in [0.4, 0.5) is 0 Å². The van der Waals surface area contributed by atoms with E-state index in [-0.39, 0.29) is 5.69 Å². The third-order valence-electron chi connectivity index (χ3n) is 2.64. The molecular formula is C11H16N4OS. The standard InChI is InChI=1S/C11H16N4OS/c1-6(2)5-15-9-8(12-7(3)13-9)10(17)14(4)11(15)16/h6H,5H2,1-4H3,(H,12,13). The molecule has 0 saturated heterocycles. The quantitative estimate of drug-likeness (QED) is 0.829. The van der Waals surface area contributed by atoms with Gasteiger partial charge < -0.3 is 4.98 Å². The smallest absolute Gasteiger partial charge is 0.330 e. The maximum Gasteiger partial charge on any atom is 0.330 e. The van der Waals surface area contributed by atoms with E-state index in [4.69, 9.17) is 12.2 Å². The van der Waals surface area contributed by atoms with E-state index in [9.17, 15) is 4.79 Å². The molecule has 5 nitrogen and oxygen atoms in total. The lowest BCUT2D eigenvalue weighted by Gasteiger charge is -2.11. The number of rotatable bonds is 2. The van der Waals surface area contributed by atoms with Gasteiger partial charge in [-0.15, -0.1) is 0 Å². The molecule has 2 aromatic rings. The summed E-state index contributed by atoms with van der Waals surface area (Å²) in [6.07, 6.45) is 0. The lowest BCUT2D eigenvalue weighted by Crippen LogP contribution is -2.31. The molecule has 2 aromatic heterocycles. The van der Waals surface area contributed by atoms with Gasteiger partial charge in [0.25, 0.3) is 0 Å². The Balaban J connectivity index is 2.90. The van der Waals surface area contributed by atoms with E-state index in [0.717, 1.165) is 11.3 Å². The number of H-pyrrole nitrogens is 1. The van der Waals surface area contributed by atoms with Crippen LogP contribution in [0, 0.1) is 17.5 Å². The summed E-state index contributed by atoms with van der Waals surface area (Å²) in [5.74, 6) is 1.15. The van der Waals surface area contributed by atoms with Gasteiger partial charge in [0, 0.05) is 13.6 Å². The first-order valence-electron chi connectivity index (χ1n) is 5.58. The van der Waals surface area contributed by atoms with Crippen molar-refractivity contribution in [2.75, 3.05) is 0 Å². The van der Waals surface area contributed by atoms with E-state index in [1.807, 2.05) is 6.92 Å². The molecule has 92 valence electrons. The number of aromatic nitrogens is 4. The van der Waals surface area contributed by atoms with Crippen molar-refractivity contribution >= 4 is 23.4 Å². The number of aromatic amines is 1. The normalized spacial score (nSPS) is 11.6. The molecule has 2 heterocycles. The van der Waals surface area contributed by atoms with E-state index in [2.05, 4.69) is 23.8 Å². The zero-order valence-electron chi connectivity index (χ0n) is 10.4. The van der Waals surface area contributed by atoms with E-state index in [1.165, 1.54) is 4.57 Å². The lowest BCUT2D eigenvalue weighted by atomic mass is 10.2. The fourth-order valence-electron chi connectivity index (χ4n) is 1.88. The lowest BCUT2D eigenvalue weighted by molar-refractivity contribution is 0.501. The summed E-state index contributed by atoms with van der Waals surface area (Å²) in [6.45, 7) is 6.64. The molecule has 6 heteroatoms. The van der Waals surface area contributed by atoms with Crippen LogP contribution < -0.4 is 5.69 Å². The Bertz CT molecular complexity index is 677. The molecule has 0 aliphatic heterocycles. The van der Waals surface area contributed by atoms with Crippen LogP contribution in [-0.4, -0.2) is 19.1 Å². The van der Waals surface area contributed by atoms with Crippen LogP contribution in [0.2, 0.25) is 0 Å². The van der Waals surface area contributed by atoms with Gasteiger partial charge in [-0.3, -0.25) is 9.13 Å². The van der Waals surface area contributed by atoms with Crippen LogP contribution in [0.15, 0.2) is 4.79 Å². The van der Waals surface area contributed by atoms with Crippen LogP contribution >= 0.6 is 12.2 Å². The van der Waals surface area contributed by atoms with Crippen molar-refractivity contribution in [3.8, 4) is 0 Å². The number of hydrogen-bond acceptors (Lipinski definition) is 3. The molecule has 0 saturated carbocycles. The minimum atomic E-state index is -0.109. The van der Waals surface area contributed by atoms with E-state index in [0.29, 0.717) is 22.8 Å². The molecule has 1 N–H and O–H groups in total. The summed E-state index contributed by atoms with van der Waals surface area (Å²) in [6, 6.07) is 0. The first-order chi connectivity index (χ1) is 7.91. The number of nitrogens with one attached hydrogen (secondary N) is 1. The summed E-state index contributed by atoms with van der Waals surface area (Å²) in [5, 5.41) is 0. The maximum atomic E-state index is 12.2. The third kappa shape index (κ3) is 1.93. The van der Waals surface area contributed by atoms with Gasteiger partial charge in [0.05, 0.1) is 0 Å². The SMILES string of the molecule is Cc1nc2c([nH]1)c(=S)n(C)c(=O)n2CC(C)C. The molecule has 0 radical (unpaired) electrons. The van der Waals surface area contributed by atoms with Gasteiger partial charge in [-0.2, -0.15) is 0 Å². The monoisotopic (exact) mass is 252 g/mol. The van der Waals surface area contributed by atoms with Crippen molar-refractivity contribution in [1.29, 1.82) is 0 Å². The summed E-state index contributed by atoms with van der Waals surface area (Å²) in [5.41, 5.74) is 1.31. The Morgan fingerprint density at radius 1 is 1.47 bits per heavy atom. The number of imidazole rings is 1. The average molecular weight is 252 g/mol. The van der Waals surface area contributed by atoms with Crippen molar-refractivity contribution in [2.45, 2.75) is 27.3 Å². The van der Waals surface area contributed by atoms with Crippen LogP contribution in [-0.2, 0) is 13.6 Å². The Labute approximate surface area is 104 Å². The highest BCUT2D eigenvalue weighted by molar-refractivity contribution is 7.71. The fraction of sp³-hybridized carbons (Fsp3) is 0.545. The molecule has 0 fully saturated rings. The van der Waals surface area contributed by atoms with E-state index in [1.54, 1.807) is 11.6 Å². The van der Waals surface area contributed by atoms with Crippen molar-refractivity contribution < 1.29 is 0 Å². The van der Waals surface area contributed by atoms with Crippen molar-refractivity contribution in [2.24, 2.45) is 13.0 Å². The zero-order chi connectivity index (χ0) is 12.7. The number of fused-ring (bicyclic) bond motifs is 1. The molecule has 0 bridgehead atoms. The zero-order valence-corrected chi connectivity index (χ0v) is 11.3. The van der Waals surface area contributed by atoms with Crippen molar-refractivity contribution in [1.82, 2.24) is 19.1 Å². The molecule has 0 amide bonds. The Morgan fingerprint density at radius 3 is 2.71 bits per heavy atom. The van der Waals surface area contributed by atoms with E-state index < -0.39 is 0 Å². The number of aryl methyl sites for hydroxylation is 1. The highest BCUT2D eigenvalue weighted by Crippen LogP contribution is 2.12. The Morgan fingerprint density at radius 2 is 2.12 bits per heavy atom. The molecular weight excluding hydrogens is 236 g/mol. The predicted octanol–water partition coefficient (Wildman–Crippen LogP) is 1.76. The molecule has 17 heavy (non-hydrogen) atoms. The highest BCUT2D eigenvalue weighted by atomic mass is 32.1. The topological polar surface area (TPSA) is 55.6 Å².